The quantitative estimate of drug-likeness (QED) is 0.180. The summed E-state index contributed by atoms with van der Waals surface area (Å²) in [7, 11) is 0. The minimum absolute atomic E-state index is 0.0915. The molecule has 4 rings (SSSR count). The predicted molar refractivity (Wildman–Crippen MR) is 116 cm³/mol. The largest absolute Gasteiger partial charge is 0.457 e. The summed E-state index contributed by atoms with van der Waals surface area (Å²) in [6.45, 7) is -0.0915. The predicted octanol–water partition coefficient (Wildman–Crippen LogP) is 4.83. The second-order valence-electron chi connectivity index (χ2n) is 6.78. The van der Waals surface area contributed by atoms with E-state index in [2.05, 4.69) is 21.1 Å². The molecule has 0 aromatic heterocycles. The number of hydrogen-bond acceptors (Lipinski definition) is 8. The molecule has 0 bridgehead atoms. The van der Waals surface area contributed by atoms with E-state index in [1.165, 1.54) is 18.2 Å². The molecular formula is C21H12BrN3O7. The highest BCUT2D eigenvalue weighted by Gasteiger charge is 2.34. The summed E-state index contributed by atoms with van der Waals surface area (Å²) in [6, 6.07) is 13.2. The highest BCUT2D eigenvalue weighted by Crippen LogP contribution is 2.43. The zero-order chi connectivity index (χ0) is 23.0. The molecule has 0 amide bonds. The molecule has 0 spiro atoms. The number of hydrogen-bond donors (Lipinski definition) is 1. The maximum atomic E-state index is 13.0. The smallest absolute Gasteiger partial charge is 0.339 e. The molecule has 0 heterocycles. The first-order chi connectivity index (χ1) is 15.3. The third kappa shape index (κ3) is 3.58. The maximum absolute atomic E-state index is 13.0. The number of oxime groups is 1. The van der Waals surface area contributed by atoms with Crippen molar-refractivity contribution in [1.29, 1.82) is 0 Å². The van der Waals surface area contributed by atoms with Gasteiger partial charge in [-0.05, 0) is 17.7 Å². The second kappa shape index (κ2) is 8.19. The minimum Gasteiger partial charge on any atom is -0.457 e. The molecule has 3 aromatic carbocycles. The highest BCUT2D eigenvalue weighted by molar-refractivity contribution is 9.10. The number of halogens is 1. The lowest BCUT2D eigenvalue weighted by atomic mass is 9.98. The zero-order valence-electron chi connectivity index (χ0n) is 16.0. The number of nitro benzene ring substituents is 2. The number of esters is 1. The fourth-order valence-corrected chi connectivity index (χ4v) is 3.92. The zero-order valence-corrected chi connectivity index (χ0v) is 17.6. The van der Waals surface area contributed by atoms with Gasteiger partial charge in [0, 0.05) is 51.0 Å². The summed E-state index contributed by atoms with van der Waals surface area (Å²) in [6.07, 6.45) is 0. The van der Waals surface area contributed by atoms with Gasteiger partial charge >= 0.3 is 5.97 Å². The van der Waals surface area contributed by atoms with Crippen LogP contribution in [0.15, 0.2) is 64.2 Å². The lowest BCUT2D eigenvalue weighted by Crippen LogP contribution is -2.09. The molecule has 0 fully saturated rings. The lowest BCUT2D eigenvalue weighted by Gasteiger charge is -2.11. The number of ether oxygens (including phenoxy) is 1. The fraction of sp³-hybridized carbons (Fsp3) is 0.0476. The maximum Gasteiger partial charge on any atom is 0.339 e. The van der Waals surface area contributed by atoms with Gasteiger partial charge in [0.1, 0.15) is 12.3 Å². The van der Waals surface area contributed by atoms with Crippen molar-refractivity contribution in [3.63, 3.8) is 0 Å². The van der Waals surface area contributed by atoms with Gasteiger partial charge in [0.05, 0.1) is 15.4 Å². The van der Waals surface area contributed by atoms with Crippen molar-refractivity contribution in [2.75, 3.05) is 0 Å². The number of carbonyl (C=O) groups is 1. The van der Waals surface area contributed by atoms with Crippen molar-refractivity contribution in [1.82, 2.24) is 0 Å². The van der Waals surface area contributed by atoms with Gasteiger partial charge in [0.25, 0.3) is 11.4 Å². The standard InChI is InChI=1S/C21H12BrN3O7/c22-18-4-2-1-3-11(18)10-32-21(26)17-9-13(25(30)31)8-16-19(17)14-6-5-12(24(28)29)7-15(14)20(16)23-27/h1-9,27H,10H2/b23-20+. The number of rotatable bonds is 5. The monoisotopic (exact) mass is 497 g/mol. The number of non-ortho nitro benzene ring substituents is 2. The van der Waals surface area contributed by atoms with Crippen LogP contribution in [-0.2, 0) is 11.3 Å². The molecule has 1 aliphatic rings. The molecule has 3 aromatic rings. The van der Waals surface area contributed by atoms with Gasteiger partial charge in [-0.3, -0.25) is 20.2 Å². The number of nitro groups is 2. The average molecular weight is 498 g/mol. The van der Waals surface area contributed by atoms with Crippen molar-refractivity contribution in [3.05, 3.63) is 102 Å². The molecule has 0 saturated heterocycles. The van der Waals surface area contributed by atoms with Gasteiger partial charge in [-0.1, -0.05) is 39.3 Å². The van der Waals surface area contributed by atoms with Crippen LogP contribution >= 0.6 is 15.9 Å². The van der Waals surface area contributed by atoms with Crippen LogP contribution in [0.2, 0.25) is 0 Å². The molecule has 32 heavy (non-hydrogen) atoms. The van der Waals surface area contributed by atoms with Crippen LogP contribution in [0.3, 0.4) is 0 Å². The lowest BCUT2D eigenvalue weighted by molar-refractivity contribution is -0.385. The normalized spacial score (nSPS) is 12.8. The number of fused-ring (bicyclic) bond motifs is 3. The Morgan fingerprint density at radius 1 is 0.969 bits per heavy atom. The molecule has 0 unspecified atom stereocenters. The van der Waals surface area contributed by atoms with Gasteiger partial charge in [-0.2, -0.15) is 0 Å². The molecule has 10 nitrogen and oxygen atoms in total. The van der Waals surface area contributed by atoms with Gasteiger partial charge in [0.15, 0.2) is 0 Å². The van der Waals surface area contributed by atoms with E-state index in [9.17, 15) is 30.2 Å². The molecule has 0 atom stereocenters. The van der Waals surface area contributed by atoms with Crippen LogP contribution in [0.25, 0.3) is 11.1 Å². The van der Waals surface area contributed by atoms with Gasteiger partial charge in [-0.15, -0.1) is 0 Å². The van der Waals surface area contributed by atoms with E-state index in [-0.39, 0.29) is 40.3 Å². The van der Waals surface area contributed by atoms with E-state index in [1.807, 2.05) is 0 Å². The molecule has 0 saturated carbocycles. The SMILES string of the molecule is O=C(OCc1ccccc1Br)c1cc([N+](=O)[O-])cc2c1-c1ccc([N+](=O)[O-])cc1/C2=N\O. The van der Waals surface area contributed by atoms with E-state index >= 15 is 0 Å². The summed E-state index contributed by atoms with van der Waals surface area (Å²) in [5.74, 6) is -0.829. The van der Waals surface area contributed by atoms with Crippen molar-refractivity contribution in [2.24, 2.45) is 5.16 Å². The van der Waals surface area contributed by atoms with Crippen LogP contribution in [0.5, 0.6) is 0 Å². The van der Waals surface area contributed by atoms with Gasteiger partial charge in [0.2, 0.25) is 0 Å². The van der Waals surface area contributed by atoms with Crippen LogP contribution in [-0.4, -0.2) is 26.7 Å². The highest BCUT2D eigenvalue weighted by atomic mass is 79.9. The first-order valence-electron chi connectivity index (χ1n) is 9.06. The Hall–Kier alpha value is -4.12. The molecule has 11 heteroatoms. The Balaban J connectivity index is 1.84. The minimum atomic E-state index is -0.829. The molecular weight excluding hydrogens is 486 g/mol. The van der Waals surface area contributed by atoms with Gasteiger partial charge in [-0.25, -0.2) is 4.79 Å². The van der Waals surface area contributed by atoms with E-state index in [0.29, 0.717) is 11.1 Å². The van der Waals surface area contributed by atoms with Crippen LogP contribution in [0.4, 0.5) is 11.4 Å². The second-order valence-corrected chi connectivity index (χ2v) is 7.63. The Labute approximate surface area is 188 Å². The molecule has 160 valence electrons. The first-order valence-corrected chi connectivity index (χ1v) is 9.85. The van der Waals surface area contributed by atoms with Gasteiger partial charge < -0.3 is 9.94 Å². The fourth-order valence-electron chi connectivity index (χ4n) is 3.52. The van der Waals surface area contributed by atoms with E-state index in [4.69, 9.17) is 4.74 Å². The van der Waals surface area contributed by atoms with Crippen molar-refractivity contribution in [2.45, 2.75) is 6.61 Å². The van der Waals surface area contributed by atoms with E-state index in [1.54, 1.807) is 24.3 Å². The van der Waals surface area contributed by atoms with Crippen molar-refractivity contribution < 1.29 is 24.6 Å². The van der Waals surface area contributed by atoms with E-state index in [0.717, 1.165) is 16.6 Å². The summed E-state index contributed by atoms with van der Waals surface area (Å²) < 4.78 is 6.13. The Kier molecular flexibility index (Phi) is 5.41. The van der Waals surface area contributed by atoms with E-state index < -0.39 is 21.5 Å². The van der Waals surface area contributed by atoms with Crippen LogP contribution in [0.1, 0.15) is 27.0 Å². The first kappa shape index (κ1) is 21.1. The molecule has 1 N–H and O–H groups in total. The Morgan fingerprint density at radius 2 is 1.66 bits per heavy atom. The number of nitrogens with zero attached hydrogens (tertiary/aromatic N) is 3. The number of benzene rings is 3. The van der Waals surface area contributed by atoms with Crippen molar-refractivity contribution >= 4 is 39.0 Å². The van der Waals surface area contributed by atoms with Crippen molar-refractivity contribution in [3.8, 4) is 11.1 Å². The summed E-state index contributed by atoms with van der Waals surface area (Å²) in [5.41, 5.74) is 0.674. The molecule has 0 aliphatic heterocycles. The van der Waals surface area contributed by atoms with Crippen LogP contribution < -0.4 is 0 Å². The molecule has 0 radical (unpaired) electrons. The van der Waals surface area contributed by atoms with Crippen LogP contribution in [0, 0.1) is 20.2 Å². The number of carbonyl (C=O) groups excluding carboxylic acids is 1. The Bertz CT molecular complexity index is 1340. The third-order valence-electron chi connectivity index (χ3n) is 4.96. The Morgan fingerprint density at radius 3 is 2.31 bits per heavy atom. The third-order valence-corrected chi connectivity index (χ3v) is 5.74. The summed E-state index contributed by atoms with van der Waals surface area (Å²) in [4.78, 5) is 34.3. The topological polar surface area (TPSA) is 145 Å². The summed E-state index contributed by atoms with van der Waals surface area (Å²) in [5, 5.41) is 35.4. The average Bonchev–Trinajstić information content (AvgIpc) is 3.10. The summed E-state index contributed by atoms with van der Waals surface area (Å²) >= 11 is 3.36. The molecule has 1 aliphatic carbocycles.